The van der Waals surface area contributed by atoms with Gasteiger partial charge in [0, 0.05) is 40.7 Å². The number of hydrogen-bond donors (Lipinski definition) is 0. The first kappa shape index (κ1) is 7.32. The Kier molecular flexibility index (Phi) is 1.28. The second kappa shape index (κ2) is 2.45. The topological polar surface area (TPSA) is 54.7 Å². The third kappa shape index (κ3) is 0.877. The van der Waals surface area contributed by atoms with Crippen molar-refractivity contribution in [2.24, 2.45) is 9.98 Å². The summed E-state index contributed by atoms with van der Waals surface area (Å²) >= 11 is 0. The fourth-order valence-electron chi connectivity index (χ4n) is 1.55. The lowest BCUT2D eigenvalue weighted by molar-refractivity contribution is -0.112. The number of rotatable bonds is 0. The van der Waals surface area contributed by atoms with E-state index in [1.807, 2.05) is 6.08 Å². The molecule has 0 aromatic carbocycles. The SMILES string of the molecule is O=C1C=c2c(cnc3c2=CC=N3)C=N1. The lowest BCUT2D eigenvalue weighted by Crippen LogP contribution is -2.31. The average molecular weight is 183 g/mol. The number of fused-ring (bicyclic) bond motifs is 3. The van der Waals surface area contributed by atoms with Crippen LogP contribution in [0.15, 0.2) is 16.2 Å². The lowest BCUT2D eigenvalue weighted by Gasteiger charge is -2.00. The van der Waals surface area contributed by atoms with E-state index in [-0.39, 0.29) is 5.91 Å². The number of pyridine rings is 1. The molecule has 66 valence electrons. The molecule has 4 nitrogen and oxygen atoms in total. The van der Waals surface area contributed by atoms with Gasteiger partial charge in [0.1, 0.15) is 0 Å². The van der Waals surface area contributed by atoms with Gasteiger partial charge < -0.3 is 0 Å². The van der Waals surface area contributed by atoms with Gasteiger partial charge in [-0.2, -0.15) is 0 Å². The van der Waals surface area contributed by atoms with Crippen molar-refractivity contribution in [1.29, 1.82) is 0 Å². The molecule has 0 bridgehead atoms. The van der Waals surface area contributed by atoms with Crippen molar-refractivity contribution in [1.82, 2.24) is 4.98 Å². The molecule has 0 unspecified atom stereocenters. The zero-order chi connectivity index (χ0) is 9.54. The van der Waals surface area contributed by atoms with Crippen LogP contribution in [0.2, 0.25) is 0 Å². The smallest absolute Gasteiger partial charge is 0.267 e. The summed E-state index contributed by atoms with van der Waals surface area (Å²) in [4.78, 5) is 23.0. The minimum absolute atomic E-state index is 0.230. The molecule has 0 radical (unpaired) electrons. The Morgan fingerprint density at radius 2 is 2.07 bits per heavy atom. The van der Waals surface area contributed by atoms with Gasteiger partial charge in [0.2, 0.25) is 0 Å². The van der Waals surface area contributed by atoms with E-state index in [0.717, 1.165) is 16.0 Å². The van der Waals surface area contributed by atoms with Crippen molar-refractivity contribution in [3.8, 4) is 0 Å². The van der Waals surface area contributed by atoms with Gasteiger partial charge in [-0.3, -0.25) is 4.79 Å². The van der Waals surface area contributed by atoms with Gasteiger partial charge in [-0.1, -0.05) is 0 Å². The van der Waals surface area contributed by atoms with Crippen molar-refractivity contribution >= 4 is 36.3 Å². The summed E-state index contributed by atoms with van der Waals surface area (Å²) < 4.78 is 0. The third-order valence-electron chi connectivity index (χ3n) is 2.20. The molecule has 3 heterocycles. The van der Waals surface area contributed by atoms with Crippen molar-refractivity contribution in [2.45, 2.75) is 0 Å². The maximum atomic E-state index is 11.1. The molecular weight excluding hydrogens is 178 g/mol. The molecule has 1 aromatic rings. The number of hydrogen-bond acceptors (Lipinski definition) is 3. The van der Waals surface area contributed by atoms with Crippen molar-refractivity contribution in [3.05, 3.63) is 22.2 Å². The number of carbonyl (C=O) groups is 1. The summed E-state index contributed by atoms with van der Waals surface area (Å²) in [5, 5.41) is 1.77. The molecule has 4 heteroatoms. The van der Waals surface area contributed by atoms with Gasteiger partial charge in [0.05, 0.1) is 0 Å². The van der Waals surface area contributed by atoms with Crippen LogP contribution in [0, 0.1) is 0 Å². The largest absolute Gasteiger partial charge is 0.270 e. The molecule has 2 aliphatic rings. The normalized spacial score (nSPS) is 15.9. The van der Waals surface area contributed by atoms with Crippen molar-refractivity contribution in [2.75, 3.05) is 0 Å². The lowest BCUT2D eigenvalue weighted by atomic mass is 10.1. The van der Waals surface area contributed by atoms with Crippen molar-refractivity contribution in [3.63, 3.8) is 0 Å². The summed E-state index contributed by atoms with van der Waals surface area (Å²) in [6.07, 6.45) is 8.27. The Balaban J connectivity index is 2.51. The van der Waals surface area contributed by atoms with Crippen LogP contribution >= 0.6 is 0 Å². The first-order valence-corrected chi connectivity index (χ1v) is 4.18. The van der Waals surface area contributed by atoms with E-state index in [0.29, 0.717) is 5.82 Å². The molecule has 0 aliphatic carbocycles. The van der Waals surface area contributed by atoms with E-state index < -0.39 is 0 Å². The number of amides is 1. The average Bonchev–Trinajstić information content (AvgIpc) is 2.65. The van der Waals surface area contributed by atoms with E-state index in [4.69, 9.17) is 0 Å². The Hall–Kier alpha value is -2.10. The van der Waals surface area contributed by atoms with E-state index in [1.165, 1.54) is 12.3 Å². The van der Waals surface area contributed by atoms with Gasteiger partial charge in [0.15, 0.2) is 5.82 Å². The summed E-state index contributed by atoms with van der Waals surface area (Å²) in [5.41, 5.74) is 0.866. The molecule has 0 N–H and O–H groups in total. The predicted octanol–water partition coefficient (Wildman–Crippen LogP) is -0.682. The van der Waals surface area contributed by atoms with Gasteiger partial charge in [-0.25, -0.2) is 15.0 Å². The van der Waals surface area contributed by atoms with Gasteiger partial charge in [-0.15, -0.1) is 0 Å². The highest BCUT2D eigenvalue weighted by Crippen LogP contribution is 2.02. The van der Waals surface area contributed by atoms with Crippen LogP contribution in [-0.4, -0.2) is 23.3 Å². The summed E-state index contributed by atoms with van der Waals surface area (Å²) in [6, 6.07) is 0. The first-order chi connectivity index (χ1) is 6.84. The highest BCUT2D eigenvalue weighted by Gasteiger charge is 2.08. The number of nitrogens with zero attached hydrogens (tertiary/aromatic N) is 3. The second-order valence-corrected chi connectivity index (χ2v) is 3.05. The van der Waals surface area contributed by atoms with Crippen LogP contribution in [0.5, 0.6) is 0 Å². The van der Waals surface area contributed by atoms with Crippen LogP contribution in [0.25, 0.3) is 12.2 Å². The van der Waals surface area contributed by atoms with E-state index in [2.05, 4.69) is 15.0 Å². The third-order valence-corrected chi connectivity index (χ3v) is 2.20. The van der Waals surface area contributed by atoms with Crippen LogP contribution in [-0.2, 0) is 4.79 Å². The zero-order valence-electron chi connectivity index (χ0n) is 7.14. The molecular formula is C10H5N3O. The Bertz CT molecular complexity index is 611. The molecule has 0 spiro atoms. The monoisotopic (exact) mass is 183 g/mol. The molecule has 2 aliphatic heterocycles. The molecule has 0 fully saturated rings. The van der Waals surface area contributed by atoms with Crippen LogP contribution in [0.1, 0.15) is 5.56 Å². The Morgan fingerprint density at radius 3 is 3.00 bits per heavy atom. The minimum atomic E-state index is -0.230. The molecule has 0 saturated heterocycles. The van der Waals surface area contributed by atoms with E-state index in [1.54, 1.807) is 12.4 Å². The molecule has 3 rings (SSSR count). The van der Waals surface area contributed by atoms with Crippen LogP contribution in [0.3, 0.4) is 0 Å². The summed E-state index contributed by atoms with van der Waals surface area (Å²) in [5.74, 6) is 0.439. The number of aromatic nitrogens is 1. The maximum absolute atomic E-state index is 11.1. The highest BCUT2D eigenvalue weighted by atomic mass is 16.1. The molecule has 0 atom stereocenters. The Morgan fingerprint density at radius 1 is 1.14 bits per heavy atom. The predicted molar refractivity (Wildman–Crippen MR) is 53.2 cm³/mol. The van der Waals surface area contributed by atoms with Gasteiger partial charge >= 0.3 is 0 Å². The van der Waals surface area contributed by atoms with Gasteiger partial charge in [0.25, 0.3) is 5.91 Å². The van der Waals surface area contributed by atoms with Crippen LogP contribution in [0.4, 0.5) is 5.82 Å². The fraction of sp³-hybridized carbons (Fsp3) is 0. The minimum Gasteiger partial charge on any atom is -0.267 e. The molecule has 1 amide bonds. The molecule has 1 aromatic heterocycles. The quantitative estimate of drug-likeness (QED) is 0.535. The highest BCUT2D eigenvalue weighted by molar-refractivity contribution is 6.13. The fourth-order valence-corrected chi connectivity index (χ4v) is 1.55. The zero-order valence-corrected chi connectivity index (χ0v) is 7.14. The summed E-state index contributed by atoms with van der Waals surface area (Å²) in [7, 11) is 0. The van der Waals surface area contributed by atoms with Crippen LogP contribution < -0.4 is 10.4 Å². The van der Waals surface area contributed by atoms with E-state index in [9.17, 15) is 4.79 Å². The summed E-state index contributed by atoms with van der Waals surface area (Å²) in [6.45, 7) is 0. The Labute approximate surface area is 79.0 Å². The number of aliphatic imine (C=N–C) groups is 2. The number of carbonyl (C=O) groups excluding carboxylic acids is 1. The van der Waals surface area contributed by atoms with Gasteiger partial charge in [-0.05, 0) is 6.08 Å². The molecule has 14 heavy (non-hydrogen) atoms. The second-order valence-electron chi connectivity index (χ2n) is 3.05. The molecule has 0 saturated carbocycles. The maximum Gasteiger partial charge on any atom is 0.270 e. The standard InChI is InChI=1S/C10H5N3O/c14-9-3-8-6(4-12-9)5-13-10-7(8)1-2-11-10/h1-5H. The first-order valence-electron chi connectivity index (χ1n) is 4.18. The van der Waals surface area contributed by atoms with Crippen molar-refractivity contribution < 1.29 is 4.79 Å². The van der Waals surface area contributed by atoms with E-state index >= 15 is 0 Å².